The standard InChI is InChI=1S/C14H23BrN2O2S/c1-14(2,10-16)11-17(3)8-9-20(18,19)13-6-4-12(15)5-7-13/h4-7H,8-11,16H2,1-3H3. The smallest absolute Gasteiger partial charge is 0.179 e. The summed E-state index contributed by atoms with van der Waals surface area (Å²) in [5, 5.41) is 0. The Morgan fingerprint density at radius 2 is 1.80 bits per heavy atom. The second-order valence-electron chi connectivity index (χ2n) is 5.88. The van der Waals surface area contributed by atoms with E-state index in [1.165, 1.54) is 0 Å². The summed E-state index contributed by atoms with van der Waals surface area (Å²) < 4.78 is 25.3. The molecular weight excluding hydrogens is 340 g/mol. The van der Waals surface area contributed by atoms with Crippen molar-refractivity contribution in [2.24, 2.45) is 11.1 Å². The lowest BCUT2D eigenvalue weighted by molar-refractivity contribution is 0.224. The molecule has 0 saturated carbocycles. The zero-order valence-corrected chi connectivity index (χ0v) is 14.7. The molecule has 1 aromatic carbocycles. The molecular formula is C14H23BrN2O2S. The molecule has 0 atom stereocenters. The second kappa shape index (κ2) is 7.02. The van der Waals surface area contributed by atoms with Crippen molar-refractivity contribution < 1.29 is 8.42 Å². The Morgan fingerprint density at radius 3 is 2.30 bits per heavy atom. The molecule has 20 heavy (non-hydrogen) atoms. The third-order valence-electron chi connectivity index (χ3n) is 3.17. The van der Waals surface area contributed by atoms with Gasteiger partial charge in [-0.2, -0.15) is 0 Å². The number of nitrogens with zero attached hydrogens (tertiary/aromatic N) is 1. The third kappa shape index (κ3) is 5.52. The van der Waals surface area contributed by atoms with E-state index in [0.717, 1.165) is 11.0 Å². The van der Waals surface area contributed by atoms with Gasteiger partial charge in [-0.05, 0) is 43.3 Å². The van der Waals surface area contributed by atoms with E-state index >= 15 is 0 Å². The number of hydrogen-bond donors (Lipinski definition) is 1. The molecule has 6 heteroatoms. The van der Waals surface area contributed by atoms with Gasteiger partial charge in [0.1, 0.15) is 0 Å². The lowest BCUT2D eigenvalue weighted by Gasteiger charge is -2.28. The Morgan fingerprint density at radius 1 is 1.25 bits per heavy atom. The van der Waals surface area contributed by atoms with Gasteiger partial charge in [-0.3, -0.25) is 0 Å². The van der Waals surface area contributed by atoms with Crippen LogP contribution in [-0.4, -0.2) is 45.8 Å². The first-order valence-electron chi connectivity index (χ1n) is 6.53. The van der Waals surface area contributed by atoms with Gasteiger partial charge in [0, 0.05) is 17.6 Å². The lowest BCUT2D eigenvalue weighted by Crippen LogP contribution is -2.38. The Balaban J connectivity index is 2.62. The van der Waals surface area contributed by atoms with Gasteiger partial charge >= 0.3 is 0 Å². The van der Waals surface area contributed by atoms with Gasteiger partial charge in [0.15, 0.2) is 9.84 Å². The molecule has 0 unspecified atom stereocenters. The van der Waals surface area contributed by atoms with Crippen molar-refractivity contribution in [3.63, 3.8) is 0 Å². The third-order valence-corrected chi connectivity index (χ3v) is 5.40. The predicted molar refractivity (Wildman–Crippen MR) is 86.5 cm³/mol. The van der Waals surface area contributed by atoms with E-state index in [1.807, 2.05) is 11.9 Å². The molecule has 0 fully saturated rings. The van der Waals surface area contributed by atoms with Crippen molar-refractivity contribution in [1.82, 2.24) is 4.90 Å². The Labute approximate surface area is 130 Å². The van der Waals surface area contributed by atoms with E-state index in [4.69, 9.17) is 5.73 Å². The molecule has 0 radical (unpaired) electrons. The van der Waals surface area contributed by atoms with Crippen molar-refractivity contribution in [1.29, 1.82) is 0 Å². The minimum atomic E-state index is -3.23. The van der Waals surface area contributed by atoms with Crippen LogP contribution in [0.3, 0.4) is 0 Å². The summed E-state index contributed by atoms with van der Waals surface area (Å²) in [5.74, 6) is 0.117. The Bertz CT molecular complexity index is 527. The van der Waals surface area contributed by atoms with E-state index in [2.05, 4.69) is 29.8 Å². The molecule has 0 aromatic heterocycles. The van der Waals surface area contributed by atoms with Gasteiger partial charge in [0.25, 0.3) is 0 Å². The largest absolute Gasteiger partial charge is 0.330 e. The number of halogens is 1. The van der Waals surface area contributed by atoms with Crippen LogP contribution < -0.4 is 5.73 Å². The fourth-order valence-corrected chi connectivity index (χ4v) is 3.51. The first-order valence-corrected chi connectivity index (χ1v) is 8.98. The maximum Gasteiger partial charge on any atom is 0.179 e. The van der Waals surface area contributed by atoms with E-state index in [9.17, 15) is 8.42 Å². The van der Waals surface area contributed by atoms with Gasteiger partial charge in [-0.15, -0.1) is 0 Å². The molecule has 0 bridgehead atoms. The van der Waals surface area contributed by atoms with Crippen molar-refractivity contribution in [3.05, 3.63) is 28.7 Å². The van der Waals surface area contributed by atoms with Crippen LogP contribution in [0.2, 0.25) is 0 Å². The van der Waals surface area contributed by atoms with E-state index < -0.39 is 9.84 Å². The minimum absolute atomic E-state index is 0.00385. The molecule has 114 valence electrons. The van der Waals surface area contributed by atoms with Crippen LogP contribution in [0.4, 0.5) is 0 Å². The minimum Gasteiger partial charge on any atom is -0.330 e. The van der Waals surface area contributed by atoms with Gasteiger partial charge in [0.2, 0.25) is 0 Å². The van der Waals surface area contributed by atoms with Crippen LogP contribution in [0.25, 0.3) is 0 Å². The summed E-state index contributed by atoms with van der Waals surface area (Å²) in [6.45, 7) is 6.01. The number of nitrogens with two attached hydrogens (primary N) is 1. The highest BCUT2D eigenvalue weighted by Gasteiger charge is 2.20. The Hall–Kier alpha value is -0.430. The van der Waals surface area contributed by atoms with E-state index in [1.54, 1.807) is 24.3 Å². The molecule has 4 nitrogen and oxygen atoms in total. The van der Waals surface area contributed by atoms with Crippen molar-refractivity contribution in [3.8, 4) is 0 Å². The van der Waals surface area contributed by atoms with E-state index in [-0.39, 0.29) is 11.2 Å². The quantitative estimate of drug-likeness (QED) is 0.806. The van der Waals surface area contributed by atoms with Crippen molar-refractivity contribution in [2.75, 3.05) is 32.4 Å². The fraction of sp³-hybridized carbons (Fsp3) is 0.571. The molecule has 2 N–H and O–H groups in total. The molecule has 0 saturated heterocycles. The lowest BCUT2D eigenvalue weighted by atomic mass is 9.93. The van der Waals surface area contributed by atoms with Crippen molar-refractivity contribution in [2.45, 2.75) is 18.7 Å². The summed E-state index contributed by atoms with van der Waals surface area (Å²) in [4.78, 5) is 2.38. The number of benzene rings is 1. The molecule has 0 aliphatic carbocycles. The first-order chi connectivity index (χ1) is 9.16. The summed E-state index contributed by atoms with van der Waals surface area (Å²) in [6.07, 6.45) is 0. The highest BCUT2D eigenvalue weighted by atomic mass is 79.9. The SMILES string of the molecule is CN(CCS(=O)(=O)c1ccc(Br)cc1)CC(C)(C)CN. The zero-order chi connectivity index (χ0) is 15.4. The van der Waals surface area contributed by atoms with Gasteiger partial charge < -0.3 is 10.6 Å². The fourth-order valence-electron chi connectivity index (χ4n) is 1.91. The molecule has 1 aromatic rings. The summed E-state index contributed by atoms with van der Waals surface area (Å²) in [7, 11) is -1.30. The first kappa shape index (κ1) is 17.6. The molecule has 0 heterocycles. The van der Waals surface area contributed by atoms with Gasteiger partial charge in [-0.25, -0.2) is 8.42 Å². The van der Waals surface area contributed by atoms with Crippen LogP contribution in [0.1, 0.15) is 13.8 Å². The average molecular weight is 363 g/mol. The molecule has 1 rings (SSSR count). The summed E-state index contributed by atoms with van der Waals surface area (Å²) >= 11 is 3.30. The predicted octanol–water partition coefficient (Wildman–Crippen LogP) is 2.14. The summed E-state index contributed by atoms with van der Waals surface area (Å²) in [5.41, 5.74) is 5.69. The molecule has 0 spiro atoms. The number of rotatable bonds is 7. The van der Waals surface area contributed by atoms with Crippen LogP contribution >= 0.6 is 15.9 Å². The zero-order valence-electron chi connectivity index (χ0n) is 12.3. The number of sulfone groups is 1. The van der Waals surface area contributed by atoms with E-state index in [0.29, 0.717) is 18.0 Å². The molecule has 0 aliphatic rings. The van der Waals surface area contributed by atoms with Crippen molar-refractivity contribution >= 4 is 25.8 Å². The highest BCUT2D eigenvalue weighted by molar-refractivity contribution is 9.10. The molecule has 0 amide bonds. The average Bonchev–Trinajstić information content (AvgIpc) is 2.37. The van der Waals surface area contributed by atoms with Crippen LogP contribution in [0.15, 0.2) is 33.6 Å². The van der Waals surface area contributed by atoms with Gasteiger partial charge in [-0.1, -0.05) is 29.8 Å². The maximum atomic E-state index is 12.2. The second-order valence-corrected chi connectivity index (χ2v) is 8.90. The highest BCUT2D eigenvalue weighted by Crippen LogP contribution is 2.17. The maximum absolute atomic E-state index is 12.2. The normalized spacial score (nSPS) is 12.9. The topological polar surface area (TPSA) is 63.4 Å². The summed E-state index contributed by atoms with van der Waals surface area (Å²) in [6, 6.07) is 6.74. The van der Waals surface area contributed by atoms with Crippen LogP contribution in [-0.2, 0) is 9.84 Å². The van der Waals surface area contributed by atoms with Crippen LogP contribution in [0.5, 0.6) is 0 Å². The monoisotopic (exact) mass is 362 g/mol. The molecule has 0 aliphatic heterocycles. The Kier molecular flexibility index (Phi) is 6.19. The van der Waals surface area contributed by atoms with Gasteiger partial charge in [0.05, 0.1) is 10.6 Å². The number of hydrogen-bond acceptors (Lipinski definition) is 4. The van der Waals surface area contributed by atoms with Crippen LogP contribution in [0, 0.1) is 5.41 Å².